The van der Waals surface area contributed by atoms with E-state index in [1.165, 1.54) is 10.6 Å². The maximum Gasteiger partial charge on any atom is -0.0341 e. The fourth-order valence-electron chi connectivity index (χ4n) is 3.28. The second-order valence-corrected chi connectivity index (χ2v) is 9.85. The van der Waals surface area contributed by atoms with Crippen molar-refractivity contribution in [2.24, 2.45) is 11.8 Å². The predicted molar refractivity (Wildman–Crippen MR) is 124 cm³/mol. The Balaban J connectivity index is 0.000000284. The standard InChI is InChI=1S/C19H15O.2C4H9.Al/c20-19(16-10-4-1-5-11-16,17-12-6-2-7-13-17)18-14-8-3-9-15-18;2*1-4(2)3;/h1-15H;2*4H,1H2,2-3H3;/q-1;;;+1. The molecule has 29 heavy (non-hydrogen) atoms. The zero-order chi connectivity index (χ0) is 21.1. The Hall–Kier alpha value is -1.85. The van der Waals surface area contributed by atoms with Crippen LogP contribution in [0.5, 0.6) is 0 Å². The van der Waals surface area contributed by atoms with Crippen molar-refractivity contribution in [3.05, 3.63) is 108 Å². The van der Waals surface area contributed by atoms with Gasteiger partial charge in [0, 0.05) is 0 Å². The minimum atomic E-state index is -1.37. The van der Waals surface area contributed by atoms with Crippen LogP contribution in [0.4, 0.5) is 0 Å². The minimum absolute atomic E-state index is 0.755. The Bertz CT molecular complexity index is 693. The minimum Gasteiger partial charge on any atom is -0.839 e. The zero-order valence-electron chi connectivity index (χ0n) is 18.2. The van der Waals surface area contributed by atoms with E-state index in [1.807, 2.05) is 91.0 Å². The van der Waals surface area contributed by atoms with E-state index in [0.29, 0.717) is 0 Å². The summed E-state index contributed by atoms with van der Waals surface area (Å²) in [6, 6.07) is 28.6. The van der Waals surface area contributed by atoms with Gasteiger partial charge >= 0.3 is 65.3 Å². The summed E-state index contributed by atoms with van der Waals surface area (Å²) < 4.78 is 0. The van der Waals surface area contributed by atoms with Crippen LogP contribution in [0.15, 0.2) is 91.0 Å². The van der Waals surface area contributed by atoms with E-state index < -0.39 is 5.60 Å². The van der Waals surface area contributed by atoms with Crippen LogP contribution in [0, 0.1) is 11.8 Å². The molecular weight excluding hydrogens is 367 g/mol. The van der Waals surface area contributed by atoms with E-state index in [2.05, 4.69) is 27.7 Å². The molecule has 0 atom stereocenters. The van der Waals surface area contributed by atoms with Gasteiger partial charge in [0.15, 0.2) is 0 Å². The molecule has 0 unspecified atom stereocenters. The molecular formula is C27H33AlO. The van der Waals surface area contributed by atoms with Gasteiger partial charge in [-0.25, -0.2) is 0 Å². The van der Waals surface area contributed by atoms with Crippen LogP contribution in [0.2, 0.25) is 10.6 Å². The molecule has 0 bridgehead atoms. The maximum absolute atomic E-state index is 13.7. The van der Waals surface area contributed by atoms with Crippen LogP contribution in [0.25, 0.3) is 0 Å². The summed E-state index contributed by atoms with van der Waals surface area (Å²) in [5.74, 6) is 1.86. The van der Waals surface area contributed by atoms with E-state index in [1.54, 1.807) is 0 Å². The second kappa shape index (κ2) is 12.0. The summed E-state index contributed by atoms with van der Waals surface area (Å²) >= 11 is 0.755. The summed E-state index contributed by atoms with van der Waals surface area (Å²) in [7, 11) is 0. The largest absolute Gasteiger partial charge is 0.839 e. The van der Waals surface area contributed by atoms with Crippen LogP contribution in [0.3, 0.4) is 0 Å². The average Bonchev–Trinajstić information content (AvgIpc) is 2.75. The summed E-state index contributed by atoms with van der Waals surface area (Å²) in [4.78, 5) is 0. The van der Waals surface area contributed by atoms with Gasteiger partial charge in [0.25, 0.3) is 0 Å². The van der Waals surface area contributed by atoms with Gasteiger partial charge in [0.05, 0.1) is 0 Å². The first-order valence-corrected chi connectivity index (χ1v) is 12.3. The fraction of sp³-hybridized carbons (Fsp3) is 0.333. The molecule has 0 spiro atoms. The second-order valence-electron chi connectivity index (χ2n) is 8.33. The summed E-state index contributed by atoms with van der Waals surface area (Å²) in [5, 5.41) is 16.7. The molecule has 3 aromatic rings. The van der Waals surface area contributed by atoms with Crippen molar-refractivity contribution < 1.29 is 5.11 Å². The molecule has 0 saturated heterocycles. The molecule has 1 nitrogen and oxygen atoms in total. The van der Waals surface area contributed by atoms with Gasteiger partial charge in [-0.15, -0.1) is 0 Å². The molecule has 2 heteroatoms. The third-order valence-electron chi connectivity index (χ3n) is 4.82. The van der Waals surface area contributed by atoms with Crippen molar-refractivity contribution in [1.82, 2.24) is 0 Å². The molecule has 3 aromatic carbocycles. The van der Waals surface area contributed by atoms with Gasteiger partial charge < -0.3 is 5.11 Å². The third-order valence-corrected chi connectivity index (χ3v) is 7.37. The van der Waals surface area contributed by atoms with E-state index in [4.69, 9.17) is 0 Å². The SMILES string of the molecule is CC(C)[CH2][Al+][CH2]C(C)C.[O-]C(c1ccccc1)(c1ccccc1)c1ccccc1. The van der Waals surface area contributed by atoms with Gasteiger partial charge in [-0.05, 0) is 22.3 Å². The van der Waals surface area contributed by atoms with Gasteiger partial charge in [-0.3, -0.25) is 0 Å². The number of benzene rings is 3. The van der Waals surface area contributed by atoms with Crippen molar-refractivity contribution in [3.8, 4) is 0 Å². The molecule has 0 amide bonds. The Labute approximate surface area is 183 Å². The van der Waals surface area contributed by atoms with E-state index in [-0.39, 0.29) is 0 Å². The molecule has 0 heterocycles. The Kier molecular flexibility index (Phi) is 9.69. The third kappa shape index (κ3) is 7.16. The van der Waals surface area contributed by atoms with Crippen LogP contribution in [0.1, 0.15) is 44.4 Å². The Morgan fingerprint density at radius 1 is 0.586 bits per heavy atom. The Morgan fingerprint density at radius 2 is 0.862 bits per heavy atom. The van der Waals surface area contributed by atoms with Crippen molar-refractivity contribution in [2.45, 2.75) is 43.9 Å². The van der Waals surface area contributed by atoms with Gasteiger partial charge in [0.1, 0.15) is 0 Å². The van der Waals surface area contributed by atoms with Crippen LogP contribution < -0.4 is 5.11 Å². The molecule has 0 aliphatic rings. The number of hydrogen-bond acceptors (Lipinski definition) is 1. The van der Waals surface area contributed by atoms with Crippen LogP contribution in [-0.2, 0) is 5.60 Å². The number of rotatable bonds is 7. The summed E-state index contributed by atoms with van der Waals surface area (Å²) in [6.45, 7) is 9.25. The van der Waals surface area contributed by atoms with Crippen molar-refractivity contribution in [2.75, 3.05) is 0 Å². The molecule has 0 saturated carbocycles. The quantitative estimate of drug-likeness (QED) is 0.343. The first-order valence-electron chi connectivity index (χ1n) is 10.6. The average molecular weight is 401 g/mol. The van der Waals surface area contributed by atoms with E-state index in [0.717, 1.165) is 43.7 Å². The topological polar surface area (TPSA) is 23.1 Å². The molecule has 3 rings (SSSR count). The molecule has 0 aliphatic carbocycles. The zero-order valence-corrected chi connectivity index (χ0v) is 19.4. The fourth-order valence-corrected chi connectivity index (χ4v) is 4.81. The van der Waals surface area contributed by atoms with Gasteiger partial charge in [-0.2, -0.15) is 0 Å². The first kappa shape index (κ1) is 23.4. The molecule has 0 aliphatic heterocycles. The normalized spacial score (nSPS) is 11.0. The summed E-state index contributed by atoms with van der Waals surface area (Å²) in [6.07, 6.45) is 0. The Morgan fingerprint density at radius 3 is 1.10 bits per heavy atom. The molecule has 0 aromatic heterocycles. The van der Waals surface area contributed by atoms with Crippen molar-refractivity contribution >= 4 is 15.2 Å². The van der Waals surface area contributed by atoms with Crippen LogP contribution in [-0.4, -0.2) is 15.2 Å². The smallest absolute Gasteiger partial charge is 0.0341 e. The van der Waals surface area contributed by atoms with Gasteiger partial charge in [0.2, 0.25) is 0 Å². The van der Waals surface area contributed by atoms with Crippen LogP contribution >= 0.6 is 0 Å². The predicted octanol–water partition coefficient (Wildman–Crippen LogP) is 6.18. The molecule has 0 radical (unpaired) electrons. The number of hydrogen-bond donors (Lipinski definition) is 0. The monoisotopic (exact) mass is 400 g/mol. The molecule has 0 N–H and O–H groups in total. The summed E-state index contributed by atoms with van der Waals surface area (Å²) in [5.41, 5.74) is 0.913. The van der Waals surface area contributed by atoms with Gasteiger partial charge in [-0.1, -0.05) is 91.0 Å². The molecule has 150 valence electrons. The maximum atomic E-state index is 13.7. The van der Waals surface area contributed by atoms with E-state index in [9.17, 15) is 5.11 Å². The van der Waals surface area contributed by atoms with E-state index >= 15 is 0 Å². The molecule has 0 fully saturated rings. The van der Waals surface area contributed by atoms with Crippen molar-refractivity contribution in [3.63, 3.8) is 0 Å². The first-order chi connectivity index (χ1) is 13.9. The van der Waals surface area contributed by atoms with Crippen molar-refractivity contribution in [1.29, 1.82) is 0 Å².